The summed E-state index contributed by atoms with van der Waals surface area (Å²) in [4.78, 5) is 21.7. The minimum atomic E-state index is -1.05. The van der Waals surface area contributed by atoms with E-state index in [-0.39, 0.29) is 0 Å². The Kier molecular flexibility index (Phi) is 6.43. The van der Waals surface area contributed by atoms with Crippen molar-refractivity contribution in [2.24, 2.45) is 0 Å². The number of amides is 1. The molecule has 0 fully saturated rings. The predicted molar refractivity (Wildman–Crippen MR) is 79.2 cm³/mol. The van der Waals surface area contributed by atoms with Gasteiger partial charge in [0.25, 0.3) is 5.91 Å². The van der Waals surface area contributed by atoms with E-state index in [1.165, 1.54) is 0 Å². The smallest absolute Gasteiger partial charge is 0.353 e. The van der Waals surface area contributed by atoms with E-state index in [9.17, 15) is 30.2 Å². The largest absolute Gasteiger partial charge is 0.507 e. The lowest BCUT2D eigenvalue weighted by molar-refractivity contribution is -0.386. The number of carbonyl (C=O) groups is 1. The van der Waals surface area contributed by atoms with Crippen LogP contribution in [0.3, 0.4) is 0 Å². The molecule has 1 aromatic rings. The summed E-state index contributed by atoms with van der Waals surface area (Å²) in [5.74, 6) is -3.50. The van der Waals surface area contributed by atoms with Crippen LogP contribution in [0.5, 0.6) is 17.2 Å². The van der Waals surface area contributed by atoms with Crippen molar-refractivity contribution in [3.05, 3.63) is 21.7 Å². The van der Waals surface area contributed by atoms with Crippen LogP contribution in [0.2, 0.25) is 0 Å². The van der Waals surface area contributed by atoms with Crippen LogP contribution in [0.4, 0.5) is 5.69 Å². The zero-order chi connectivity index (χ0) is 16.7. The third kappa shape index (κ3) is 4.24. The number of phenols is 3. The molecule has 122 valence electrons. The average molecular weight is 312 g/mol. The summed E-state index contributed by atoms with van der Waals surface area (Å²) in [6.45, 7) is 2.42. The first-order valence-electron chi connectivity index (χ1n) is 7.10. The molecule has 0 aliphatic heterocycles. The maximum Gasteiger partial charge on any atom is 0.353 e. The first kappa shape index (κ1) is 17.5. The maximum absolute atomic E-state index is 11.9. The first-order valence-corrected chi connectivity index (χ1v) is 7.10. The van der Waals surface area contributed by atoms with Gasteiger partial charge in [-0.2, -0.15) is 0 Å². The fraction of sp³-hybridized carbons (Fsp3) is 0.500. The third-order valence-electron chi connectivity index (χ3n) is 3.21. The van der Waals surface area contributed by atoms with Crippen LogP contribution >= 0.6 is 0 Å². The quantitative estimate of drug-likeness (QED) is 0.331. The highest BCUT2D eigenvalue weighted by atomic mass is 16.6. The molecule has 0 radical (unpaired) electrons. The summed E-state index contributed by atoms with van der Waals surface area (Å²) >= 11 is 0. The van der Waals surface area contributed by atoms with Crippen LogP contribution in [0.15, 0.2) is 6.07 Å². The second kappa shape index (κ2) is 8.06. The molecule has 0 aliphatic rings. The minimum Gasteiger partial charge on any atom is -0.507 e. The van der Waals surface area contributed by atoms with Crippen LogP contribution in [0.1, 0.15) is 49.4 Å². The van der Waals surface area contributed by atoms with Crippen LogP contribution in [0.25, 0.3) is 0 Å². The summed E-state index contributed by atoms with van der Waals surface area (Å²) in [6.07, 6.45) is 4.92. The number of rotatable bonds is 8. The number of hydrogen-bond donors (Lipinski definition) is 4. The van der Waals surface area contributed by atoms with E-state index in [0.717, 1.165) is 32.1 Å². The number of aromatic hydroxyl groups is 3. The van der Waals surface area contributed by atoms with Gasteiger partial charge in [0, 0.05) is 12.6 Å². The highest BCUT2D eigenvalue weighted by Gasteiger charge is 2.29. The minimum absolute atomic E-state index is 0.329. The van der Waals surface area contributed by atoms with Crippen molar-refractivity contribution in [3.63, 3.8) is 0 Å². The standard InChI is InChI=1S/C14H20N2O6/c1-2-3-4-5-6-7-15-14(20)11-9(17)8-10(18)12(13(11)19)16(21)22/h8,17-19H,2-7H2,1H3,(H,15,20). The van der Waals surface area contributed by atoms with E-state index in [0.29, 0.717) is 12.6 Å². The molecule has 0 saturated heterocycles. The summed E-state index contributed by atoms with van der Waals surface area (Å²) in [5.41, 5.74) is -1.62. The lowest BCUT2D eigenvalue weighted by Crippen LogP contribution is -2.24. The summed E-state index contributed by atoms with van der Waals surface area (Å²) < 4.78 is 0. The summed E-state index contributed by atoms with van der Waals surface area (Å²) in [5, 5.41) is 42.0. The van der Waals surface area contributed by atoms with E-state index in [2.05, 4.69) is 12.2 Å². The summed E-state index contributed by atoms with van der Waals surface area (Å²) in [6, 6.07) is 0.661. The van der Waals surface area contributed by atoms with Gasteiger partial charge in [0.1, 0.15) is 11.3 Å². The molecule has 8 heteroatoms. The first-order chi connectivity index (χ1) is 10.4. The van der Waals surface area contributed by atoms with Gasteiger partial charge in [-0.05, 0) is 6.42 Å². The molecular weight excluding hydrogens is 292 g/mol. The number of benzene rings is 1. The van der Waals surface area contributed by atoms with Crippen molar-refractivity contribution in [3.8, 4) is 17.2 Å². The van der Waals surface area contributed by atoms with Gasteiger partial charge in [-0.1, -0.05) is 32.6 Å². The number of nitrogens with zero attached hydrogens (tertiary/aromatic N) is 1. The van der Waals surface area contributed by atoms with Gasteiger partial charge in [0.05, 0.1) is 4.92 Å². The number of unbranched alkanes of at least 4 members (excludes halogenated alkanes) is 4. The number of nitro benzene ring substituents is 1. The Morgan fingerprint density at radius 2 is 1.82 bits per heavy atom. The van der Waals surface area contributed by atoms with Gasteiger partial charge < -0.3 is 20.6 Å². The fourth-order valence-corrected chi connectivity index (χ4v) is 2.05. The molecule has 0 atom stereocenters. The highest BCUT2D eigenvalue weighted by molar-refractivity contribution is 6.01. The lowest BCUT2D eigenvalue weighted by Gasteiger charge is -2.09. The second-order valence-corrected chi connectivity index (χ2v) is 4.91. The molecule has 1 rings (SSSR count). The Morgan fingerprint density at radius 1 is 1.18 bits per heavy atom. The predicted octanol–water partition coefficient (Wildman–Crippen LogP) is 2.41. The lowest BCUT2D eigenvalue weighted by atomic mass is 10.1. The molecule has 1 aromatic carbocycles. The molecule has 8 nitrogen and oxygen atoms in total. The van der Waals surface area contributed by atoms with Crippen LogP contribution < -0.4 is 5.32 Å². The average Bonchev–Trinajstić information content (AvgIpc) is 2.41. The number of phenolic OH excluding ortho intramolecular Hbond substituents is 3. The van der Waals surface area contributed by atoms with Gasteiger partial charge in [-0.3, -0.25) is 14.9 Å². The Balaban J connectivity index is 2.77. The van der Waals surface area contributed by atoms with Crippen molar-refractivity contribution >= 4 is 11.6 Å². The summed E-state index contributed by atoms with van der Waals surface area (Å²) in [7, 11) is 0. The van der Waals surface area contributed by atoms with Crippen molar-refractivity contribution in [1.82, 2.24) is 5.32 Å². The molecule has 0 heterocycles. The molecule has 1 amide bonds. The molecule has 0 bridgehead atoms. The number of carbonyl (C=O) groups excluding carboxylic acids is 1. The molecule has 0 unspecified atom stereocenters. The Bertz CT molecular complexity index is 559. The highest BCUT2D eigenvalue weighted by Crippen LogP contribution is 2.42. The zero-order valence-corrected chi connectivity index (χ0v) is 12.3. The van der Waals surface area contributed by atoms with Crippen LogP contribution in [-0.4, -0.2) is 32.7 Å². The Labute approximate surface area is 127 Å². The maximum atomic E-state index is 11.9. The molecule has 4 N–H and O–H groups in total. The Hall–Kier alpha value is -2.51. The fourth-order valence-electron chi connectivity index (χ4n) is 2.05. The van der Waals surface area contributed by atoms with Crippen molar-refractivity contribution in [2.45, 2.75) is 39.0 Å². The SMILES string of the molecule is CCCCCCCNC(=O)c1c(O)cc(O)c([N+](=O)[O-])c1O. The normalized spacial score (nSPS) is 10.4. The van der Waals surface area contributed by atoms with Crippen LogP contribution in [0, 0.1) is 10.1 Å². The molecule has 22 heavy (non-hydrogen) atoms. The number of nitro groups is 1. The molecule has 0 saturated carbocycles. The van der Waals surface area contributed by atoms with Crippen molar-refractivity contribution in [1.29, 1.82) is 0 Å². The van der Waals surface area contributed by atoms with Gasteiger partial charge >= 0.3 is 5.69 Å². The third-order valence-corrected chi connectivity index (χ3v) is 3.21. The number of hydrogen-bond acceptors (Lipinski definition) is 6. The van der Waals surface area contributed by atoms with Gasteiger partial charge in [-0.25, -0.2) is 0 Å². The number of nitrogens with one attached hydrogen (secondary N) is 1. The molecule has 0 aliphatic carbocycles. The van der Waals surface area contributed by atoms with E-state index >= 15 is 0 Å². The van der Waals surface area contributed by atoms with Crippen molar-refractivity contribution < 1.29 is 25.0 Å². The van der Waals surface area contributed by atoms with Crippen molar-refractivity contribution in [2.75, 3.05) is 6.54 Å². The van der Waals surface area contributed by atoms with Gasteiger partial charge in [-0.15, -0.1) is 0 Å². The zero-order valence-electron chi connectivity index (χ0n) is 12.3. The monoisotopic (exact) mass is 312 g/mol. The molecular formula is C14H20N2O6. The molecule has 0 aromatic heterocycles. The second-order valence-electron chi connectivity index (χ2n) is 4.91. The Morgan fingerprint density at radius 3 is 2.41 bits per heavy atom. The van der Waals surface area contributed by atoms with E-state index < -0.39 is 39.3 Å². The van der Waals surface area contributed by atoms with Crippen LogP contribution in [-0.2, 0) is 0 Å². The topological polar surface area (TPSA) is 133 Å². The van der Waals surface area contributed by atoms with E-state index in [1.54, 1.807) is 0 Å². The van der Waals surface area contributed by atoms with Gasteiger partial charge in [0.15, 0.2) is 0 Å². The van der Waals surface area contributed by atoms with Gasteiger partial charge in [0.2, 0.25) is 11.5 Å². The van der Waals surface area contributed by atoms with E-state index in [1.807, 2.05) is 0 Å². The van der Waals surface area contributed by atoms with E-state index in [4.69, 9.17) is 0 Å². The molecule has 0 spiro atoms.